The minimum absolute atomic E-state index is 0.0118. The molecule has 1 amide bonds. The van der Waals surface area contributed by atoms with Crippen LogP contribution < -0.4 is 5.32 Å². The zero-order valence-corrected chi connectivity index (χ0v) is 15.0. The van der Waals surface area contributed by atoms with Gasteiger partial charge in [0.15, 0.2) is 0 Å². The number of hydrogen-bond donors (Lipinski definition) is 2. The van der Waals surface area contributed by atoms with Crippen molar-refractivity contribution in [1.29, 1.82) is 0 Å². The molecule has 2 heterocycles. The first-order chi connectivity index (χ1) is 11.6. The Bertz CT molecular complexity index is 741. The maximum Gasteiger partial charge on any atom is 0.252 e. The van der Waals surface area contributed by atoms with Crippen molar-refractivity contribution in [3.63, 3.8) is 0 Å². The second kappa shape index (κ2) is 7.53. The molecule has 1 aliphatic rings. The number of rotatable bonds is 4. The van der Waals surface area contributed by atoms with Gasteiger partial charge in [-0.15, -0.1) is 0 Å². The Balaban J connectivity index is 1.88. The Morgan fingerprint density at radius 2 is 2.08 bits per heavy atom. The fourth-order valence-electron chi connectivity index (χ4n) is 3.34. The number of aryl methyl sites for hydroxylation is 2. The highest BCUT2D eigenvalue weighted by atomic mass is 32.2. The number of nitrogens with zero attached hydrogens (tertiary/aromatic N) is 1. The molecule has 2 N–H and O–H groups in total. The maximum atomic E-state index is 12.9. The first-order valence-electron chi connectivity index (χ1n) is 8.46. The highest BCUT2D eigenvalue weighted by Crippen LogP contribution is 2.26. The predicted molar refractivity (Wildman–Crippen MR) is 99.6 cm³/mol. The van der Waals surface area contributed by atoms with Crippen LogP contribution >= 0.6 is 11.8 Å². The SMILES string of the molecule is Cc1ccc2nc(C)cc(C(=O)N[C@H](CO)C3CCSCC3)c2c1. The Kier molecular flexibility index (Phi) is 5.41. The van der Waals surface area contributed by atoms with Crippen LogP contribution in [0.5, 0.6) is 0 Å². The third kappa shape index (κ3) is 3.73. The van der Waals surface area contributed by atoms with Gasteiger partial charge < -0.3 is 10.4 Å². The zero-order chi connectivity index (χ0) is 17.1. The van der Waals surface area contributed by atoms with Crippen molar-refractivity contribution in [2.24, 2.45) is 5.92 Å². The maximum absolute atomic E-state index is 12.9. The van der Waals surface area contributed by atoms with Crippen molar-refractivity contribution in [2.45, 2.75) is 32.7 Å². The number of carbonyl (C=O) groups excluding carboxylic acids is 1. The molecule has 3 rings (SSSR count). The van der Waals surface area contributed by atoms with E-state index in [0.717, 1.165) is 46.5 Å². The van der Waals surface area contributed by atoms with Crippen LogP contribution in [0.1, 0.15) is 34.5 Å². The van der Waals surface area contributed by atoms with E-state index >= 15 is 0 Å². The standard InChI is InChI=1S/C19H24N2O2S/c1-12-3-4-17-15(9-12)16(10-13(2)20-17)19(23)21-18(11-22)14-5-7-24-8-6-14/h3-4,9-10,14,18,22H,5-8,11H2,1-2H3,(H,21,23)/t18-/m1/s1. The van der Waals surface area contributed by atoms with Gasteiger partial charge in [-0.25, -0.2) is 0 Å². The molecule has 1 atom stereocenters. The molecule has 128 valence electrons. The van der Waals surface area contributed by atoms with E-state index in [0.29, 0.717) is 11.5 Å². The largest absolute Gasteiger partial charge is 0.394 e. The molecule has 5 heteroatoms. The molecule has 2 aromatic rings. The van der Waals surface area contributed by atoms with E-state index in [9.17, 15) is 9.90 Å². The van der Waals surface area contributed by atoms with Crippen LogP contribution in [0.15, 0.2) is 24.3 Å². The Morgan fingerprint density at radius 3 is 2.79 bits per heavy atom. The van der Waals surface area contributed by atoms with Crippen molar-refractivity contribution >= 4 is 28.6 Å². The summed E-state index contributed by atoms with van der Waals surface area (Å²) in [6, 6.07) is 7.62. The lowest BCUT2D eigenvalue weighted by atomic mass is 9.93. The summed E-state index contributed by atoms with van der Waals surface area (Å²) in [7, 11) is 0. The van der Waals surface area contributed by atoms with Crippen molar-refractivity contribution in [3.8, 4) is 0 Å². The average molecular weight is 344 g/mol. The van der Waals surface area contributed by atoms with Gasteiger partial charge >= 0.3 is 0 Å². The molecule has 4 nitrogen and oxygen atoms in total. The van der Waals surface area contributed by atoms with E-state index in [4.69, 9.17) is 0 Å². The van der Waals surface area contributed by atoms with Gasteiger partial charge in [-0.3, -0.25) is 9.78 Å². The molecule has 0 saturated carbocycles. The molecule has 0 unspecified atom stereocenters. The molecule has 0 bridgehead atoms. The summed E-state index contributed by atoms with van der Waals surface area (Å²) in [5, 5.41) is 13.7. The molecular weight excluding hydrogens is 320 g/mol. The number of fused-ring (bicyclic) bond motifs is 1. The molecule has 1 aromatic heterocycles. The highest BCUT2D eigenvalue weighted by molar-refractivity contribution is 7.99. The zero-order valence-electron chi connectivity index (χ0n) is 14.2. The van der Waals surface area contributed by atoms with Gasteiger partial charge in [0.2, 0.25) is 0 Å². The minimum atomic E-state index is -0.174. The number of aliphatic hydroxyl groups is 1. The lowest BCUT2D eigenvalue weighted by molar-refractivity contribution is 0.0886. The number of hydrogen-bond acceptors (Lipinski definition) is 4. The summed E-state index contributed by atoms with van der Waals surface area (Å²) in [6.45, 7) is 3.90. The van der Waals surface area contributed by atoms with Crippen LogP contribution in [0.3, 0.4) is 0 Å². The number of thioether (sulfide) groups is 1. The molecule has 0 aliphatic carbocycles. The van der Waals surface area contributed by atoms with Crippen molar-refractivity contribution in [3.05, 3.63) is 41.1 Å². The number of benzene rings is 1. The van der Waals surface area contributed by atoms with Gasteiger partial charge in [0.25, 0.3) is 5.91 Å². The van der Waals surface area contributed by atoms with E-state index in [1.165, 1.54) is 0 Å². The third-order valence-electron chi connectivity index (χ3n) is 4.69. The molecule has 24 heavy (non-hydrogen) atoms. The normalized spacial score (nSPS) is 17.0. The van der Waals surface area contributed by atoms with Gasteiger partial charge in [-0.1, -0.05) is 11.6 Å². The van der Waals surface area contributed by atoms with Gasteiger partial charge in [0.1, 0.15) is 0 Å². The molecule has 1 saturated heterocycles. The molecule has 1 fully saturated rings. The van der Waals surface area contributed by atoms with Gasteiger partial charge in [0.05, 0.1) is 23.7 Å². The minimum Gasteiger partial charge on any atom is -0.394 e. The van der Waals surface area contributed by atoms with E-state index in [1.807, 2.05) is 49.9 Å². The Hall–Kier alpha value is -1.59. The average Bonchev–Trinajstić information content (AvgIpc) is 2.60. The van der Waals surface area contributed by atoms with E-state index < -0.39 is 0 Å². The van der Waals surface area contributed by atoms with Crippen molar-refractivity contribution in [1.82, 2.24) is 10.3 Å². The lowest BCUT2D eigenvalue weighted by Gasteiger charge is -2.29. The summed E-state index contributed by atoms with van der Waals surface area (Å²) >= 11 is 1.94. The summed E-state index contributed by atoms with van der Waals surface area (Å²) in [5.74, 6) is 2.45. The molecular formula is C19H24N2O2S. The second-order valence-electron chi connectivity index (χ2n) is 6.54. The summed E-state index contributed by atoms with van der Waals surface area (Å²) in [6.07, 6.45) is 2.09. The number of amides is 1. The van der Waals surface area contributed by atoms with Gasteiger partial charge in [-0.2, -0.15) is 11.8 Å². The topological polar surface area (TPSA) is 62.2 Å². The van der Waals surface area contributed by atoms with Gasteiger partial charge in [-0.05, 0) is 62.3 Å². The molecule has 0 spiro atoms. The van der Waals surface area contributed by atoms with E-state index in [2.05, 4.69) is 10.3 Å². The molecule has 0 radical (unpaired) electrons. The second-order valence-corrected chi connectivity index (χ2v) is 7.77. The lowest BCUT2D eigenvalue weighted by Crippen LogP contribution is -2.44. The fraction of sp³-hybridized carbons (Fsp3) is 0.474. The first kappa shape index (κ1) is 17.2. The quantitative estimate of drug-likeness (QED) is 0.895. The number of carbonyl (C=O) groups is 1. The van der Waals surface area contributed by atoms with E-state index in [-0.39, 0.29) is 18.6 Å². The number of nitrogens with one attached hydrogen (secondary N) is 1. The fourth-order valence-corrected chi connectivity index (χ4v) is 4.48. The first-order valence-corrected chi connectivity index (χ1v) is 9.61. The highest BCUT2D eigenvalue weighted by Gasteiger charge is 2.25. The van der Waals surface area contributed by atoms with E-state index in [1.54, 1.807) is 0 Å². The predicted octanol–water partition coefficient (Wildman–Crippen LogP) is 3.09. The van der Waals surface area contributed by atoms with Crippen LogP contribution in [0, 0.1) is 19.8 Å². The summed E-state index contributed by atoms with van der Waals surface area (Å²) in [5.41, 5.74) is 3.40. The Labute approximate surface area is 147 Å². The van der Waals surface area contributed by atoms with Crippen molar-refractivity contribution in [2.75, 3.05) is 18.1 Å². The Morgan fingerprint density at radius 1 is 1.33 bits per heavy atom. The summed E-state index contributed by atoms with van der Waals surface area (Å²) in [4.78, 5) is 17.4. The number of pyridine rings is 1. The van der Waals surface area contributed by atoms with Crippen molar-refractivity contribution < 1.29 is 9.90 Å². The summed E-state index contributed by atoms with van der Waals surface area (Å²) < 4.78 is 0. The number of aromatic nitrogens is 1. The monoisotopic (exact) mass is 344 g/mol. The van der Waals surface area contributed by atoms with Crippen LogP contribution in [-0.4, -0.2) is 40.2 Å². The molecule has 1 aliphatic heterocycles. The van der Waals surface area contributed by atoms with Crippen LogP contribution in [0.25, 0.3) is 10.9 Å². The van der Waals surface area contributed by atoms with Crippen LogP contribution in [-0.2, 0) is 0 Å². The number of aliphatic hydroxyl groups excluding tert-OH is 1. The third-order valence-corrected chi connectivity index (χ3v) is 5.73. The van der Waals surface area contributed by atoms with Crippen LogP contribution in [0.4, 0.5) is 0 Å². The van der Waals surface area contributed by atoms with Gasteiger partial charge in [0, 0.05) is 11.1 Å². The molecule has 1 aromatic carbocycles. The smallest absolute Gasteiger partial charge is 0.252 e. The van der Waals surface area contributed by atoms with Crippen LogP contribution in [0.2, 0.25) is 0 Å².